The van der Waals surface area contributed by atoms with Crippen molar-refractivity contribution in [3.8, 4) is 5.75 Å². The first-order chi connectivity index (χ1) is 18.0. The van der Waals surface area contributed by atoms with Gasteiger partial charge in [0, 0.05) is 52.7 Å². The van der Waals surface area contributed by atoms with Crippen molar-refractivity contribution in [2.24, 2.45) is 10.1 Å². The van der Waals surface area contributed by atoms with Crippen molar-refractivity contribution in [1.29, 1.82) is 0 Å². The van der Waals surface area contributed by atoms with Gasteiger partial charge >= 0.3 is 0 Å². The summed E-state index contributed by atoms with van der Waals surface area (Å²) in [5.41, 5.74) is 10.2. The molecule has 1 amide bonds. The Labute approximate surface area is 222 Å². The zero-order valence-electron chi connectivity index (χ0n) is 20.2. The first-order valence-electron chi connectivity index (χ1n) is 11.7. The Bertz CT molecular complexity index is 1340. The molecule has 1 aliphatic rings. The zero-order valence-corrected chi connectivity index (χ0v) is 21.8. The number of ether oxygens (including phenoxy) is 2. The van der Waals surface area contributed by atoms with Crippen LogP contribution in [-0.2, 0) is 16.0 Å². The molecule has 0 aliphatic carbocycles. The molecule has 0 bridgehead atoms. The quantitative estimate of drug-likeness (QED) is 0.148. The largest absolute Gasteiger partial charge is 0.494 e. The van der Waals surface area contributed by atoms with Gasteiger partial charge in [-0.15, -0.1) is 0 Å². The van der Waals surface area contributed by atoms with Crippen molar-refractivity contribution in [2.45, 2.75) is 24.5 Å². The highest BCUT2D eigenvalue weighted by Crippen LogP contribution is 2.45. The molecule has 0 saturated heterocycles. The van der Waals surface area contributed by atoms with Crippen LogP contribution >= 0.6 is 15.9 Å². The van der Waals surface area contributed by atoms with Gasteiger partial charge in [0.05, 0.1) is 6.61 Å². The predicted octanol–water partition coefficient (Wildman–Crippen LogP) is 5.40. The highest BCUT2D eigenvalue weighted by Gasteiger charge is 2.53. The number of hydrogen-bond acceptors (Lipinski definition) is 6. The number of benzene rings is 3. The molecule has 0 aromatic heterocycles. The minimum Gasteiger partial charge on any atom is -0.494 e. The van der Waals surface area contributed by atoms with Gasteiger partial charge in [0.2, 0.25) is 5.90 Å². The fourth-order valence-corrected chi connectivity index (χ4v) is 4.68. The van der Waals surface area contributed by atoms with Gasteiger partial charge in [-0.1, -0.05) is 63.5 Å². The molecule has 190 valence electrons. The van der Waals surface area contributed by atoms with Crippen LogP contribution in [0.4, 0.5) is 5.69 Å². The van der Waals surface area contributed by atoms with Crippen LogP contribution in [0.3, 0.4) is 0 Å². The lowest BCUT2D eigenvalue weighted by atomic mass is 9.81. The summed E-state index contributed by atoms with van der Waals surface area (Å²) >= 11 is 3.59. The van der Waals surface area contributed by atoms with Crippen LogP contribution in [0.15, 0.2) is 87.4 Å². The maximum absolute atomic E-state index is 13.6. The van der Waals surface area contributed by atoms with E-state index in [1.807, 2.05) is 36.4 Å². The predicted molar refractivity (Wildman–Crippen MR) is 144 cm³/mol. The van der Waals surface area contributed by atoms with E-state index in [2.05, 4.69) is 31.3 Å². The smallest absolute Gasteiger partial charge is 0.252 e. The SMILES string of the molecule is CNC(=O)[C@]1(Cc2ccccc2Br)N=C(c2ccc(OCCCO)cc2)O[C@@H]1c1ccccc1N=[N+]=[N-]. The van der Waals surface area contributed by atoms with Crippen molar-refractivity contribution in [3.05, 3.63) is 104 Å². The van der Waals surface area contributed by atoms with Crippen LogP contribution < -0.4 is 10.1 Å². The van der Waals surface area contributed by atoms with Crippen molar-refractivity contribution in [2.75, 3.05) is 20.3 Å². The number of nitrogens with one attached hydrogen (secondary N) is 1. The number of aliphatic imine (C=N–C) groups is 1. The third-order valence-electron chi connectivity index (χ3n) is 6.05. The van der Waals surface area contributed by atoms with E-state index in [1.54, 1.807) is 43.4 Å². The molecule has 0 radical (unpaired) electrons. The van der Waals surface area contributed by atoms with E-state index in [4.69, 9.17) is 25.1 Å². The summed E-state index contributed by atoms with van der Waals surface area (Å²) < 4.78 is 12.9. The standard InChI is InChI=1S/C27H26BrN5O4/c1-30-26(35)27(17-19-7-2-4-9-22(19)28)24(21-8-3-5-10-23(21)32-33-29)37-25(31-27)18-11-13-20(14-12-18)36-16-6-15-34/h2-5,7-14,24,34H,6,15-17H2,1H3,(H,30,35)/t24-,27-/m1/s1. The summed E-state index contributed by atoms with van der Waals surface area (Å²) in [5, 5.41) is 15.6. The number of amides is 1. The maximum atomic E-state index is 13.6. The Balaban J connectivity index is 1.82. The molecule has 0 unspecified atom stereocenters. The van der Waals surface area contributed by atoms with Gasteiger partial charge in [-0.2, -0.15) is 0 Å². The van der Waals surface area contributed by atoms with Gasteiger partial charge in [-0.05, 0) is 41.4 Å². The summed E-state index contributed by atoms with van der Waals surface area (Å²) in [6.45, 7) is 0.456. The lowest BCUT2D eigenvalue weighted by Gasteiger charge is -2.31. The average molecular weight is 564 g/mol. The van der Waals surface area contributed by atoms with E-state index >= 15 is 0 Å². The van der Waals surface area contributed by atoms with E-state index in [9.17, 15) is 4.79 Å². The Morgan fingerprint density at radius 2 is 1.92 bits per heavy atom. The first-order valence-corrected chi connectivity index (χ1v) is 12.5. The molecule has 0 saturated carbocycles. The Hall–Kier alpha value is -3.85. The first kappa shape index (κ1) is 26.2. The third-order valence-corrected chi connectivity index (χ3v) is 6.82. The van der Waals surface area contributed by atoms with E-state index < -0.39 is 11.6 Å². The zero-order chi connectivity index (χ0) is 26.3. The molecule has 1 heterocycles. The molecule has 2 atom stereocenters. The van der Waals surface area contributed by atoms with Crippen LogP contribution in [0, 0.1) is 0 Å². The number of halogens is 1. The lowest BCUT2D eigenvalue weighted by Crippen LogP contribution is -2.48. The van der Waals surface area contributed by atoms with Crippen molar-refractivity contribution in [3.63, 3.8) is 0 Å². The van der Waals surface area contributed by atoms with E-state index in [0.29, 0.717) is 41.5 Å². The van der Waals surface area contributed by atoms with E-state index in [0.717, 1.165) is 10.0 Å². The van der Waals surface area contributed by atoms with Crippen LogP contribution in [0.1, 0.15) is 29.2 Å². The number of carbonyl (C=O) groups is 1. The molecule has 3 aromatic rings. The molecule has 37 heavy (non-hydrogen) atoms. The van der Waals surface area contributed by atoms with E-state index in [1.165, 1.54) is 0 Å². The monoisotopic (exact) mass is 563 g/mol. The molecule has 0 fully saturated rings. The summed E-state index contributed by atoms with van der Waals surface area (Å²) in [6.07, 6.45) is -0.0975. The Kier molecular flexibility index (Phi) is 8.45. The van der Waals surface area contributed by atoms with Gasteiger partial charge < -0.3 is 19.9 Å². The van der Waals surface area contributed by atoms with Crippen LogP contribution in [0.2, 0.25) is 0 Å². The van der Waals surface area contributed by atoms with Crippen LogP contribution in [0.25, 0.3) is 10.4 Å². The van der Waals surface area contributed by atoms with Crippen LogP contribution in [-0.4, -0.2) is 42.7 Å². The second-order valence-electron chi connectivity index (χ2n) is 8.38. The molecule has 1 aliphatic heterocycles. The average Bonchev–Trinajstić information content (AvgIpc) is 3.31. The maximum Gasteiger partial charge on any atom is 0.252 e. The number of aliphatic hydroxyl groups excluding tert-OH is 1. The number of nitrogens with zero attached hydrogens (tertiary/aromatic N) is 4. The summed E-state index contributed by atoms with van der Waals surface area (Å²) in [7, 11) is 1.56. The summed E-state index contributed by atoms with van der Waals surface area (Å²) in [6, 6.07) is 21.9. The topological polar surface area (TPSA) is 129 Å². The Morgan fingerprint density at radius 3 is 2.62 bits per heavy atom. The van der Waals surface area contributed by atoms with E-state index in [-0.39, 0.29) is 18.9 Å². The minimum atomic E-state index is -1.38. The fourth-order valence-electron chi connectivity index (χ4n) is 4.26. The number of likely N-dealkylation sites (N-methyl/N-ethyl adjacent to an activating group) is 1. The van der Waals surface area contributed by atoms with Gasteiger partial charge in [-0.25, -0.2) is 4.99 Å². The highest BCUT2D eigenvalue weighted by molar-refractivity contribution is 9.10. The molecule has 4 rings (SSSR count). The number of rotatable bonds is 10. The summed E-state index contributed by atoms with van der Waals surface area (Å²) in [4.78, 5) is 21.5. The molecule has 9 nitrogen and oxygen atoms in total. The highest BCUT2D eigenvalue weighted by atomic mass is 79.9. The number of carbonyl (C=O) groups excluding carboxylic acids is 1. The normalized spacial score (nSPS) is 18.4. The number of hydrogen-bond donors (Lipinski definition) is 2. The minimum absolute atomic E-state index is 0.0561. The number of azide groups is 1. The van der Waals surface area contributed by atoms with Crippen molar-refractivity contribution < 1.29 is 19.4 Å². The van der Waals surface area contributed by atoms with Gasteiger partial charge in [-0.3, -0.25) is 4.79 Å². The van der Waals surface area contributed by atoms with Crippen molar-refractivity contribution >= 4 is 33.4 Å². The summed E-state index contributed by atoms with van der Waals surface area (Å²) in [5.74, 6) is 0.605. The second-order valence-corrected chi connectivity index (χ2v) is 9.24. The Morgan fingerprint density at radius 1 is 1.19 bits per heavy atom. The van der Waals surface area contributed by atoms with Gasteiger partial charge in [0.15, 0.2) is 11.6 Å². The molecule has 10 heteroatoms. The molecular formula is C27H26BrN5O4. The fraction of sp³-hybridized carbons (Fsp3) is 0.259. The molecular weight excluding hydrogens is 538 g/mol. The second kappa shape index (κ2) is 11.9. The van der Waals surface area contributed by atoms with Gasteiger partial charge in [0.25, 0.3) is 5.91 Å². The third kappa shape index (κ3) is 5.61. The van der Waals surface area contributed by atoms with Crippen molar-refractivity contribution in [1.82, 2.24) is 5.32 Å². The molecule has 0 spiro atoms. The van der Waals surface area contributed by atoms with Crippen LogP contribution in [0.5, 0.6) is 5.75 Å². The molecule has 3 aromatic carbocycles. The number of aliphatic hydroxyl groups is 1. The van der Waals surface area contributed by atoms with Gasteiger partial charge in [0.1, 0.15) is 5.75 Å². The molecule has 2 N–H and O–H groups in total. The lowest BCUT2D eigenvalue weighted by molar-refractivity contribution is -0.128.